The molecule has 0 fully saturated rings. The average Bonchev–Trinajstić information content (AvgIpc) is 2.73. The molecular weight excluding hydrogens is 384 g/mol. The molecule has 0 aliphatic carbocycles. The highest BCUT2D eigenvalue weighted by Crippen LogP contribution is 2.44. The van der Waals surface area contributed by atoms with Crippen LogP contribution in [0.5, 0.6) is 0 Å². The second-order valence-electron chi connectivity index (χ2n) is 9.42. The van der Waals surface area contributed by atoms with Gasteiger partial charge in [0, 0.05) is 0 Å². The Morgan fingerprint density at radius 3 is 1.56 bits per heavy atom. The molecule has 0 unspecified atom stereocenters. The van der Waals surface area contributed by atoms with Crippen LogP contribution in [0.25, 0.3) is 43.8 Å². The fraction of sp³-hybridized carbons (Fsp3) is 0.188. The van der Waals surface area contributed by atoms with E-state index in [0.717, 1.165) is 0 Å². The Morgan fingerprint density at radius 1 is 0.406 bits per heavy atom. The predicted octanol–water partition coefficient (Wildman–Crippen LogP) is 9.18. The molecule has 0 aliphatic rings. The molecule has 0 nitrogen and oxygen atoms in total. The van der Waals surface area contributed by atoms with Crippen LogP contribution in [-0.4, -0.2) is 0 Å². The summed E-state index contributed by atoms with van der Waals surface area (Å²) in [5.74, 6) is 0. The lowest BCUT2D eigenvalue weighted by atomic mass is 9.82. The maximum Gasteiger partial charge on any atom is -0.00211 e. The van der Waals surface area contributed by atoms with Crippen molar-refractivity contribution >= 4 is 21.5 Å². The van der Waals surface area contributed by atoms with E-state index in [1.807, 2.05) is 0 Å². The quantitative estimate of drug-likeness (QED) is 0.253. The van der Waals surface area contributed by atoms with Crippen LogP contribution in [0.2, 0.25) is 0 Å². The second kappa shape index (κ2) is 7.64. The van der Waals surface area contributed by atoms with Crippen molar-refractivity contribution in [3.8, 4) is 22.3 Å². The van der Waals surface area contributed by atoms with E-state index in [2.05, 4.69) is 114 Å². The number of aryl methyl sites for hydroxylation is 6. The van der Waals surface area contributed by atoms with E-state index in [1.54, 1.807) is 0 Å². The third-order valence-electron chi connectivity index (χ3n) is 6.80. The fourth-order valence-corrected chi connectivity index (χ4v) is 5.75. The second-order valence-corrected chi connectivity index (χ2v) is 9.42. The monoisotopic (exact) mass is 414 g/mol. The summed E-state index contributed by atoms with van der Waals surface area (Å²) >= 11 is 0. The molecule has 5 aromatic rings. The van der Waals surface area contributed by atoms with E-state index in [4.69, 9.17) is 0 Å². The molecule has 5 rings (SSSR count). The van der Waals surface area contributed by atoms with Crippen molar-refractivity contribution in [1.82, 2.24) is 0 Å². The molecule has 0 radical (unpaired) electrons. The number of benzene rings is 5. The molecule has 0 aliphatic heterocycles. The van der Waals surface area contributed by atoms with Gasteiger partial charge in [0.05, 0.1) is 0 Å². The maximum atomic E-state index is 2.35. The van der Waals surface area contributed by atoms with E-state index in [-0.39, 0.29) is 0 Å². The summed E-state index contributed by atoms with van der Waals surface area (Å²) in [6.45, 7) is 13.4. The highest BCUT2D eigenvalue weighted by atomic mass is 14.2. The molecule has 0 spiro atoms. The first-order chi connectivity index (χ1) is 15.3. The SMILES string of the molecule is Cc1cc(C)c(-c2ccc3c(ccc4ccccc43)c2-c2c(C)cc(C)cc2C)c(C)c1. The third kappa shape index (κ3) is 3.22. The van der Waals surface area contributed by atoms with E-state index in [9.17, 15) is 0 Å². The van der Waals surface area contributed by atoms with Gasteiger partial charge in [-0.05, 0) is 108 Å². The van der Waals surface area contributed by atoms with Crippen LogP contribution < -0.4 is 0 Å². The normalized spacial score (nSPS) is 11.4. The Morgan fingerprint density at radius 2 is 0.938 bits per heavy atom. The predicted molar refractivity (Wildman–Crippen MR) is 141 cm³/mol. The van der Waals surface area contributed by atoms with Crippen LogP contribution in [0, 0.1) is 41.5 Å². The highest BCUT2D eigenvalue weighted by Gasteiger charge is 2.19. The summed E-state index contributed by atoms with van der Waals surface area (Å²) in [4.78, 5) is 0. The van der Waals surface area contributed by atoms with Gasteiger partial charge in [-0.25, -0.2) is 0 Å². The van der Waals surface area contributed by atoms with Crippen molar-refractivity contribution in [3.05, 3.63) is 106 Å². The van der Waals surface area contributed by atoms with Crippen LogP contribution >= 0.6 is 0 Å². The van der Waals surface area contributed by atoms with Crippen molar-refractivity contribution in [1.29, 1.82) is 0 Å². The van der Waals surface area contributed by atoms with Crippen molar-refractivity contribution < 1.29 is 0 Å². The van der Waals surface area contributed by atoms with Crippen LogP contribution in [-0.2, 0) is 0 Å². The summed E-state index contributed by atoms with van der Waals surface area (Å²) < 4.78 is 0. The molecule has 158 valence electrons. The summed E-state index contributed by atoms with van der Waals surface area (Å²) in [5, 5.41) is 5.26. The van der Waals surface area contributed by atoms with E-state index in [1.165, 1.54) is 77.2 Å². The molecule has 0 heterocycles. The standard InChI is InChI=1S/C32H30/c1-19-15-21(3)30(22(4)16-19)29-14-13-27-26-10-8-7-9-25(26)11-12-28(27)32(29)31-23(5)17-20(2)18-24(31)6/h7-18H,1-6H3. The Labute approximate surface area is 191 Å². The van der Waals surface area contributed by atoms with Gasteiger partial charge < -0.3 is 0 Å². The number of rotatable bonds is 2. The zero-order chi connectivity index (χ0) is 22.6. The summed E-state index contributed by atoms with van der Waals surface area (Å²) in [7, 11) is 0. The van der Waals surface area contributed by atoms with Crippen molar-refractivity contribution in [2.24, 2.45) is 0 Å². The first-order valence-corrected chi connectivity index (χ1v) is 11.5. The molecule has 0 N–H and O–H groups in total. The number of fused-ring (bicyclic) bond motifs is 3. The molecule has 0 heteroatoms. The Balaban J connectivity index is 1.99. The van der Waals surface area contributed by atoms with Crippen LogP contribution in [0.4, 0.5) is 0 Å². The zero-order valence-electron chi connectivity index (χ0n) is 19.9. The van der Waals surface area contributed by atoms with Gasteiger partial charge >= 0.3 is 0 Å². The summed E-state index contributed by atoms with van der Waals surface area (Å²) in [6, 6.07) is 27.3. The van der Waals surface area contributed by atoms with Crippen LogP contribution in [0.15, 0.2) is 72.8 Å². The van der Waals surface area contributed by atoms with Crippen LogP contribution in [0.3, 0.4) is 0 Å². The fourth-order valence-electron chi connectivity index (χ4n) is 5.75. The van der Waals surface area contributed by atoms with Gasteiger partial charge in [-0.1, -0.05) is 83.9 Å². The maximum absolute atomic E-state index is 2.35. The highest BCUT2D eigenvalue weighted by molar-refractivity contribution is 6.15. The van der Waals surface area contributed by atoms with Gasteiger partial charge in [0.1, 0.15) is 0 Å². The molecule has 0 bridgehead atoms. The molecule has 0 aromatic heterocycles. The van der Waals surface area contributed by atoms with Crippen molar-refractivity contribution in [2.75, 3.05) is 0 Å². The minimum atomic E-state index is 1.29. The van der Waals surface area contributed by atoms with Gasteiger partial charge in [0.2, 0.25) is 0 Å². The Bertz CT molecular complexity index is 1470. The topological polar surface area (TPSA) is 0 Å². The Kier molecular flexibility index (Phi) is 4.90. The molecule has 0 saturated carbocycles. The number of hydrogen-bond acceptors (Lipinski definition) is 0. The number of hydrogen-bond donors (Lipinski definition) is 0. The van der Waals surface area contributed by atoms with Crippen molar-refractivity contribution in [3.63, 3.8) is 0 Å². The van der Waals surface area contributed by atoms with E-state index >= 15 is 0 Å². The molecule has 0 atom stereocenters. The van der Waals surface area contributed by atoms with Gasteiger partial charge in [-0.2, -0.15) is 0 Å². The lowest BCUT2D eigenvalue weighted by molar-refractivity contribution is 1.31. The minimum Gasteiger partial charge on any atom is -0.0616 e. The lowest BCUT2D eigenvalue weighted by Crippen LogP contribution is -1.98. The minimum absolute atomic E-state index is 1.29. The smallest absolute Gasteiger partial charge is 0.00211 e. The molecule has 32 heavy (non-hydrogen) atoms. The van der Waals surface area contributed by atoms with E-state index < -0.39 is 0 Å². The zero-order valence-corrected chi connectivity index (χ0v) is 19.9. The van der Waals surface area contributed by atoms with Gasteiger partial charge in [0.15, 0.2) is 0 Å². The summed E-state index contributed by atoms with van der Waals surface area (Å²) in [5.41, 5.74) is 13.4. The Hall–Kier alpha value is -3.38. The average molecular weight is 415 g/mol. The van der Waals surface area contributed by atoms with Gasteiger partial charge in [0.25, 0.3) is 0 Å². The van der Waals surface area contributed by atoms with Crippen molar-refractivity contribution in [2.45, 2.75) is 41.5 Å². The largest absolute Gasteiger partial charge is 0.0616 e. The molecule has 5 aromatic carbocycles. The molecule has 0 amide bonds. The van der Waals surface area contributed by atoms with Crippen LogP contribution in [0.1, 0.15) is 33.4 Å². The first-order valence-electron chi connectivity index (χ1n) is 11.5. The van der Waals surface area contributed by atoms with E-state index in [0.29, 0.717) is 0 Å². The molecular formula is C32H30. The first kappa shape index (κ1) is 20.5. The van der Waals surface area contributed by atoms with Gasteiger partial charge in [-0.3, -0.25) is 0 Å². The lowest BCUT2D eigenvalue weighted by Gasteiger charge is -2.22. The third-order valence-corrected chi connectivity index (χ3v) is 6.80. The molecule has 0 saturated heterocycles. The summed E-state index contributed by atoms with van der Waals surface area (Å²) in [6.07, 6.45) is 0. The van der Waals surface area contributed by atoms with Gasteiger partial charge in [-0.15, -0.1) is 0 Å².